The van der Waals surface area contributed by atoms with Crippen LogP contribution in [0, 0.1) is 11.7 Å². The summed E-state index contributed by atoms with van der Waals surface area (Å²) in [5.74, 6) is -2.49. The number of alkyl halides is 3. The maximum atomic E-state index is 13.1. The van der Waals surface area contributed by atoms with Crippen LogP contribution in [-0.2, 0) is 26.6 Å². The molecule has 0 N–H and O–H groups in total. The van der Waals surface area contributed by atoms with Gasteiger partial charge in [0, 0.05) is 36.1 Å². The van der Waals surface area contributed by atoms with Gasteiger partial charge in [-0.3, -0.25) is 4.79 Å². The van der Waals surface area contributed by atoms with E-state index in [0.29, 0.717) is 6.07 Å². The van der Waals surface area contributed by atoms with E-state index in [1.54, 1.807) is 0 Å². The van der Waals surface area contributed by atoms with E-state index in [0.717, 1.165) is 17.0 Å². The van der Waals surface area contributed by atoms with Gasteiger partial charge < -0.3 is 4.90 Å². The van der Waals surface area contributed by atoms with Gasteiger partial charge in [-0.25, -0.2) is 12.8 Å². The van der Waals surface area contributed by atoms with Crippen LogP contribution in [0.5, 0.6) is 0 Å². The summed E-state index contributed by atoms with van der Waals surface area (Å²) in [7, 11) is 1.32. The van der Waals surface area contributed by atoms with Gasteiger partial charge in [-0.05, 0) is 17.7 Å². The average molecular weight is 374 g/mol. The van der Waals surface area contributed by atoms with Gasteiger partial charge in [0.05, 0.1) is 11.3 Å². The summed E-state index contributed by atoms with van der Waals surface area (Å²) in [5.41, 5.74) is -1.40. The number of amides is 1. The standard InChI is InChI=1S/C13H12ClF4NO3S/c14-23(21,22)7-8-3-12(20)19(5-8)6-9-1-2-10(15)4-11(9)13(16,17)18/h1-2,4,8H,3,5-7H2. The molecule has 1 aromatic carbocycles. The summed E-state index contributed by atoms with van der Waals surface area (Å²) < 4.78 is 73.9. The molecule has 1 aliphatic rings. The molecule has 23 heavy (non-hydrogen) atoms. The van der Waals surface area contributed by atoms with Crippen LogP contribution >= 0.6 is 10.7 Å². The van der Waals surface area contributed by atoms with Crippen molar-refractivity contribution >= 4 is 25.6 Å². The minimum Gasteiger partial charge on any atom is -0.338 e. The van der Waals surface area contributed by atoms with E-state index >= 15 is 0 Å². The third-order valence-corrected chi connectivity index (χ3v) is 4.72. The van der Waals surface area contributed by atoms with Crippen LogP contribution in [-0.4, -0.2) is 31.5 Å². The molecule has 1 heterocycles. The quantitative estimate of drug-likeness (QED) is 0.602. The number of nitrogens with zero attached hydrogens (tertiary/aromatic N) is 1. The van der Waals surface area contributed by atoms with Crippen LogP contribution < -0.4 is 0 Å². The Morgan fingerprint density at radius 1 is 1.30 bits per heavy atom. The zero-order valence-electron chi connectivity index (χ0n) is 11.6. The smallest absolute Gasteiger partial charge is 0.338 e. The van der Waals surface area contributed by atoms with Crippen molar-refractivity contribution in [2.75, 3.05) is 12.3 Å². The third-order valence-electron chi connectivity index (χ3n) is 3.47. The summed E-state index contributed by atoms with van der Waals surface area (Å²) in [6, 6.07) is 2.22. The predicted molar refractivity (Wildman–Crippen MR) is 74.6 cm³/mol. The second-order valence-electron chi connectivity index (χ2n) is 5.35. The second-order valence-corrected chi connectivity index (χ2v) is 8.17. The zero-order valence-corrected chi connectivity index (χ0v) is 13.2. The largest absolute Gasteiger partial charge is 0.416 e. The minimum absolute atomic E-state index is 0.0144. The number of likely N-dealkylation sites (tertiary alicyclic amines) is 1. The molecule has 1 fully saturated rings. The molecule has 1 unspecified atom stereocenters. The van der Waals surface area contributed by atoms with E-state index in [2.05, 4.69) is 0 Å². The highest BCUT2D eigenvalue weighted by molar-refractivity contribution is 8.13. The molecule has 1 saturated heterocycles. The van der Waals surface area contributed by atoms with E-state index in [1.165, 1.54) is 0 Å². The molecule has 4 nitrogen and oxygen atoms in total. The molecule has 1 atom stereocenters. The fraction of sp³-hybridized carbons (Fsp3) is 0.462. The Morgan fingerprint density at radius 2 is 1.96 bits per heavy atom. The lowest BCUT2D eigenvalue weighted by Crippen LogP contribution is -2.27. The predicted octanol–water partition coefficient (Wildman–Crippen LogP) is 2.76. The molecule has 10 heteroatoms. The first kappa shape index (κ1) is 18.0. The summed E-state index contributed by atoms with van der Waals surface area (Å²) in [6.45, 7) is -0.383. The first-order chi connectivity index (χ1) is 10.5. The van der Waals surface area contributed by atoms with Crippen LogP contribution in [0.4, 0.5) is 17.6 Å². The highest BCUT2D eigenvalue weighted by atomic mass is 35.7. The second kappa shape index (κ2) is 6.27. The van der Waals surface area contributed by atoms with Gasteiger partial charge in [0.1, 0.15) is 5.82 Å². The van der Waals surface area contributed by atoms with Gasteiger partial charge in [0.25, 0.3) is 0 Å². The molecule has 0 radical (unpaired) electrons. The summed E-state index contributed by atoms with van der Waals surface area (Å²) >= 11 is 0. The Bertz CT molecular complexity index is 720. The van der Waals surface area contributed by atoms with E-state index in [1.807, 2.05) is 0 Å². The Kier molecular flexibility index (Phi) is 4.91. The average Bonchev–Trinajstić information content (AvgIpc) is 2.68. The number of rotatable bonds is 4. The Balaban J connectivity index is 2.19. The first-order valence-corrected chi connectivity index (χ1v) is 8.99. The fourth-order valence-corrected chi connectivity index (χ4v) is 3.88. The van der Waals surface area contributed by atoms with Crippen molar-refractivity contribution in [2.24, 2.45) is 5.92 Å². The normalized spacial score (nSPS) is 19.4. The minimum atomic E-state index is -4.75. The monoisotopic (exact) mass is 373 g/mol. The summed E-state index contributed by atoms with van der Waals surface area (Å²) in [4.78, 5) is 13.0. The molecule has 0 spiro atoms. The van der Waals surface area contributed by atoms with E-state index in [9.17, 15) is 30.8 Å². The van der Waals surface area contributed by atoms with Crippen molar-refractivity contribution in [3.63, 3.8) is 0 Å². The van der Waals surface area contributed by atoms with Gasteiger partial charge in [-0.2, -0.15) is 13.2 Å². The van der Waals surface area contributed by atoms with Crippen molar-refractivity contribution in [1.82, 2.24) is 4.90 Å². The number of hydrogen-bond acceptors (Lipinski definition) is 3. The molecular weight excluding hydrogens is 362 g/mol. The molecule has 0 saturated carbocycles. The van der Waals surface area contributed by atoms with Crippen LogP contribution in [0.15, 0.2) is 18.2 Å². The van der Waals surface area contributed by atoms with Gasteiger partial charge in [0.2, 0.25) is 15.0 Å². The molecule has 128 valence electrons. The molecule has 0 bridgehead atoms. The van der Waals surface area contributed by atoms with Crippen LogP contribution in [0.1, 0.15) is 17.5 Å². The number of benzene rings is 1. The molecule has 1 aromatic rings. The van der Waals surface area contributed by atoms with E-state index in [4.69, 9.17) is 10.7 Å². The molecule has 0 aromatic heterocycles. The maximum Gasteiger partial charge on any atom is 0.416 e. The molecule has 2 rings (SSSR count). The third kappa shape index (κ3) is 4.81. The highest BCUT2D eigenvalue weighted by Crippen LogP contribution is 2.34. The first-order valence-electron chi connectivity index (χ1n) is 6.51. The van der Waals surface area contributed by atoms with Crippen LogP contribution in [0.25, 0.3) is 0 Å². The molecule has 0 aliphatic carbocycles. The lowest BCUT2D eigenvalue weighted by atomic mass is 10.1. The van der Waals surface area contributed by atoms with Crippen LogP contribution in [0.3, 0.4) is 0 Å². The highest BCUT2D eigenvalue weighted by Gasteiger charge is 2.37. The number of carbonyl (C=O) groups is 1. The fourth-order valence-electron chi connectivity index (χ4n) is 2.56. The number of halogens is 5. The van der Waals surface area contributed by atoms with Gasteiger partial charge >= 0.3 is 6.18 Å². The Morgan fingerprint density at radius 3 is 2.52 bits per heavy atom. The topological polar surface area (TPSA) is 54.5 Å². The SMILES string of the molecule is O=C1CC(CS(=O)(=O)Cl)CN1Cc1ccc(F)cc1C(F)(F)F. The van der Waals surface area contributed by atoms with Crippen molar-refractivity contribution in [3.8, 4) is 0 Å². The lowest BCUT2D eigenvalue weighted by molar-refractivity contribution is -0.139. The van der Waals surface area contributed by atoms with Gasteiger partial charge in [0.15, 0.2) is 0 Å². The molecular formula is C13H12ClF4NO3S. The molecule has 1 amide bonds. The number of carbonyl (C=O) groups excluding carboxylic acids is 1. The van der Waals surface area contributed by atoms with Crippen LogP contribution in [0.2, 0.25) is 0 Å². The van der Waals surface area contributed by atoms with E-state index in [-0.39, 0.29) is 25.1 Å². The summed E-state index contributed by atoms with van der Waals surface area (Å²) in [6.07, 6.45) is -4.85. The Hall–Kier alpha value is -1.35. The Labute approximate surface area is 134 Å². The summed E-state index contributed by atoms with van der Waals surface area (Å²) in [5, 5.41) is 0. The molecule has 1 aliphatic heterocycles. The number of hydrogen-bond donors (Lipinski definition) is 0. The lowest BCUT2D eigenvalue weighted by Gasteiger charge is -2.20. The van der Waals surface area contributed by atoms with Crippen molar-refractivity contribution in [3.05, 3.63) is 35.1 Å². The maximum absolute atomic E-state index is 13.1. The van der Waals surface area contributed by atoms with Crippen molar-refractivity contribution < 1.29 is 30.8 Å². The van der Waals surface area contributed by atoms with Gasteiger partial charge in [-0.15, -0.1) is 0 Å². The zero-order chi connectivity index (χ0) is 17.4. The van der Waals surface area contributed by atoms with E-state index < -0.39 is 44.2 Å². The van der Waals surface area contributed by atoms with Gasteiger partial charge in [-0.1, -0.05) is 6.07 Å². The van der Waals surface area contributed by atoms with Crippen molar-refractivity contribution in [1.29, 1.82) is 0 Å². The van der Waals surface area contributed by atoms with Crippen molar-refractivity contribution in [2.45, 2.75) is 19.1 Å².